The molecule has 0 radical (unpaired) electrons. The van der Waals surface area contributed by atoms with Crippen LogP contribution in [-0.2, 0) is 21.4 Å². The summed E-state index contributed by atoms with van der Waals surface area (Å²) in [7, 11) is -3.63. The third-order valence-corrected chi connectivity index (χ3v) is 7.07. The van der Waals surface area contributed by atoms with E-state index in [1.165, 1.54) is 10.4 Å². The second-order valence-electron chi connectivity index (χ2n) is 7.29. The Balaban J connectivity index is 1.34. The number of carbonyl (C=O) groups excluding carboxylic acids is 1. The summed E-state index contributed by atoms with van der Waals surface area (Å²) in [5, 5.41) is 2.91. The van der Waals surface area contributed by atoms with Crippen molar-refractivity contribution in [3.05, 3.63) is 54.1 Å². The van der Waals surface area contributed by atoms with Crippen molar-refractivity contribution in [3.8, 4) is 11.5 Å². The van der Waals surface area contributed by atoms with Gasteiger partial charge in [-0.1, -0.05) is 30.3 Å². The molecule has 29 heavy (non-hydrogen) atoms. The summed E-state index contributed by atoms with van der Waals surface area (Å²) >= 11 is 0. The maximum atomic E-state index is 13.0. The van der Waals surface area contributed by atoms with Gasteiger partial charge in [0.2, 0.25) is 15.9 Å². The second kappa shape index (κ2) is 8.42. The fraction of sp³-hybridized carbons (Fsp3) is 0.381. The van der Waals surface area contributed by atoms with E-state index < -0.39 is 10.0 Å². The first-order valence-corrected chi connectivity index (χ1v) is 11.2. The van der Waals surface area contributed by atoms with Crippen molar-refractivity contribution >= 4 is 15.9 Å². The lowest BCUT2D eigenvalue weighted by atomic mass is 10.0. The molecule has 0 aromatic heterocycles. The van der Waals surface area contributed by atoms with Gasteiger partial charge >= 0.3 is 0 Å². The zero-order chi connectivity index (χ0) is 20.3. The number of amides is 1. The van der Waals surface area contributed by atoms with E-state index in [-0.39, 0.29) is 16.7 Å². The van der Waals surface area contributed by atoms with Crippen LogP contribution in [0.5, 0.6) is 11.5 Å². The van der Waals surface area contributed by atoms with Gasteiger partial charge in [-0.05, 0) is 30.0 Å². The molecule has 1 fully saturated rings. The maximum absolute atomic E-state index is 13.0. The fourth-order valence-electron chi connectivity index (χ4n) is 3.65. The summed E-state index contributed by atoms with van der Waals surface area (Å²) in [5.41, 5.74) is 1.04. The molecule has 0 bridgehead atoms. The zero-order valence-corrected chi connectivity index (χ0v) is 16.9. The molecule has 1 N–H and O–H groups in total. The van der Waals surface area contributed by atoms with E-state index in [0.717, 1.165) is 5.56 Å². The number of nitrogens with zero attached hydrogens (tertiary/aromatic N) is 1. The standard InChI is InChI=1S/C21H24N2O5S/c24-21(22-14-16-4-2-1-3-5-16)12-17-8-9-23(15-17)29(25,26)18-6-7-19-20(13-18)28-11-10-27-19/h1-7,13,17H,8-12,14-15H2,(H,22,24)/t17-/m1/s1. The van der Waals surface area contributed by atoms with Gasteiger partial charge in [0.05, 0.1) is 4.90 Å². The van der Waals surface area contributed by atoms with E-state index in [0.29, 0.717) is 57.2 Å². The van der Waals surface area contributed by atoms with Crippen LogP contribution in [0.3, 0.4) is 0 Å². The normalized spacial score (nSPS) is 19.1. The highest BCUT2D eigenvalue weighted by Gasteiger charge is 2.34. The summed E-state index contributed by atoms with van der Waals surface area (Å²) in [6.45, 7) is 2.09. The summed E-state index contributed by atoms with van der Waals surface area (Å²) in [6.07, 6.45) is 0.989. The van der Waals surface area contributed by atoms with E-state index in [4.69, 9.17) is 9.47 Å². The van der Waals surface area contributed by atoms with Crippen LogP contribution >= 0.6 is 0 Å². The van der Waals surface area contributed by atoms with Crippen molar-refractivity contribution in [2.24, 2.45) is 5.92 Å². The van der Waals surface area contributed by atoms with Gasteiger partial charge in [-0.3, -0.25) is 4.79 Å². The number of nitrogens with one attached hydrogen (secondary N) is 1. The van der Waals surface area contributed by atoms with Gasteiger partial charge in [-0.15, -0.1) is 0 Å². The van der Waals surface area contributed by atoms with Crippen LogP contribution in [0.15, 0.2) is 53.4 Å². The summed E-state index contributed by atoms with van der Waals surface area (Å²) in [4.78, 5) is 12.4. The lowest BCUT2D eigenvalue weighted by Gasteiger charge is -2.21. The van der Waals surface area contributed by atoms with Crippen LogP contribution in [0.2, 0.25) is 0 Å². The average Bonchev–Trinajstić information content (AvgIpc) is 3.22. The number of fused-ring (bicyclic) bond motifs is 1. The highest BCUT2D eigenvalue weighted by molar-refractivity contribution is 7.89. The number of carbonyl (C=O) groups is 1. The van der Waals surface area contributed by atoms with Crippen LogP contribution in [0.25, 0.3) is 0 Å². The first-order chi connectivity index (χ1) is 14.0. The van der Waals surface area contributed by atoms with Gasteiger partial charge in [-0.25, -0.2) is 8.42 Å². The summed E-state index contributed by atoms with van der Waals surface area (Å²) in [5.74, 6) is 0.966. The van der Waals surface area contributed by atoms with Gasteiger partial charge in [-0.2, -0.15) is 4.31 Å². The van der Waals surface area contributed by atoms with Crippen LogP contribution in [0.4, 0.5) is 0 Å². The van der Waals surface area contributed by atoms with E-state index in [9.17, 15) is 13.2 Å². The highest BCUT2D eigenvalue weighted by atomic mass is 32.2. The molecule has 0 spiro atoms. The van der Waals surface area contributed by atoms with E-state index >= 15 is 0 Å². The molecule has 1 amide bonds. The van der Waals surface area contributed by atoms with Crippen molar-refractivity contribution in [1.29, 1.82) is 0 Å². The zero-order valence-electron chi connectivity index (χ0n) is 16.0. The molecule has 1 saturated heterocycles. The smallest absolute Gasteiger partial charge is 0.243 e. The Morgan fingerprint density at radius 1 is 1.07 bits per heavy atom. The van der Waals surface area contributed by atoms with Gasteiger partial charge < -0.3 is 14.8 Å². The average molecular weight is 416 g/mol. The molecule has 0 unspecified atom stereocenters. The molecule has 4 rings (SSSR count). The number of benzene rings is 2. The molecule has 2 aromatic carbocycles. The Hall–Kier alpha value is -2.58. The minimum Gasteiger partial charge on any atom is -0.486 e. The third kappa shape index (κ3) is 4.54. The predicted molar refractivity (Wildman–Crippen MR) is 107 cm³/mol. The van der Waals surface area contributed by atoms with Gasteiger partial charge in [0.15, 0.2) is 11.5 Å². The third-order valence-electron chi connectivity index (χ3n) is 5.21. The van der Waals surface area contributed by atoms with Crippen LogP contribution < -0.4 is 14.8 Å². The Morgan fingerprint density at radius 2 is 1.83 bits per heavy atom. The van der Waals surface area contributed by atoms with Crippen molar-refractivity contribution in [1.82, 2.24) is 9.62 Å². The Kier molecular flexibility index (Phi) is 5.73. The molecule has 0 saturated carbocycles. The monoisotopic (exact) mass is 416 g/mol. The molecule has 2 aliphatic rings. The molecule has 2 aliphatic heterocycles. The Morgan fingerprint density at radius 3 is 2.62 bits per heavy atom. The number of rotatable bonds is 6. The van der Waals surface area contributed by atoms with E-state index in [2.05, 4.69) is 5.32 Å². The minimum absolute atomic E-state index is 0.0118. The molecule has 7 nitrogen and oxygen atoms in total. The number of hydrogen-bond donors (Lipinski definition) is 1. The van der Waals surface area contributed by atoms with Crippen LogP contribution in [-0.4, -0.2) is 44.9 Å². The number of hydrogen-bond acceptors (Lipinski definition) is 5. The predicted octanol–water partition coefficient (Wildman–Crippen LogP) is 2.17. The van der Waals surface area contributed by atoms with Crippen molar-refractivity contribution in [2.75, 3.05) is 26.3 Å². The van der Waals surface area contributed by atoms with Crippen molar-refractivity contribution in [3.63, 3.8) is 0 Å². The molecule has 0 aliphatic carbocycles. The molecule has 1 atom stereocenters. The lowest BCUT2D eigenvalue weighted by Crippen LogP contribution is -2.30. The quantitative estimate of drug-likeness (QED) is 0.780. The SMILES string of the molecule is O=C(C[C@H]1CCN(S(=O)(=O)c2ccc3c(c2)OCCO3)C1)NCc1ccccc1. The first-order valence-electron chi connectivity index (χ1n) is 9.73. The molecule has 2 heterocycles. The minimum atomic E-state index is -3.63. The molecule has 2 aromatic rings. The van der Waals surface area contributed by atoms with Crippen LogP contribution in [0, 0.1) is 5.92 Å². The van der Waals surface area contributed by atoms with Crippen molar-refractivity contribution in [2.45, 2.75) is 24.3 Å². The fourth-order valence-corrected chi connectivity index (χ4v) is 5.19. The lowest BCUT2D eigenvalue weighted by molar-refractivity contribution is -0.122. The molecule has 154 valence electrons. The van der Waals surface area contributed by atoms with Gasteiger partial charge in [0.1, 0.15) is 13.2 Å². The van der Waals surface area contributed by atoms with E-state index in [1.807, 2.05) is 30.3 Å². The molecule has 8 heteroatoms. The van der Waals surface area contributed by atoms with E-state index in [1.54, 1.807) is 12.1 Å². The summed E-state index contributed by atoms with van der Waals surface area (Å²) in [6, 6.07) is 14.4. The van der Waals surface area contributed by atoms with Crippen LogP contribution in [0.1, 0.15) is 18.4 Å². The Labute approximate surface area is 170 Å². The number of sulfonamides is 1. The Bertz CT molecular complexity index is 978. The highest BCUT2D eigenvalue weighted by Crippen LogP contribution is 2.34. The molecular weight excluding hydrogens is 392 g/mol. The van der Waals surface area contributed by atoms with Gasteiger partial charge in [0, 0.05) is 32.1 Å². The second-order valence-corrected chi connectivity index (χ2v) is 9.23. The first kappa shape index (κ1) is 19.7. The topological polar surface area (TPSA) is 84.9 Å². The summed E-state index contributed by atoms with van der Waals surface area (Å²) < 4.78 is 38.4. The van der Waals surface area contributed by atoms with Crippen molar-refractivity contribution < 1.29 is 22.7 Å². The van der Waals surface area contributed by atoms with Gasteiger partial charge in [0.25, 0.3) is 0 Å². The number of ether oxygens (including phenoxy) is 2. The maximum Gasteiger partial charge on any atom is 0.243 e. The molecular formula is C21H24N2O5S. The largest absolute Gasteiger partial charge is 0.486 e.